The van der Waals surface area contributed by atoms with Gasteiger partial charge in [-0.3, -0.25) is 0 Å². The van der Waals surface area contributed by atoms with E-state index in [1.165, 1.54) is 0 Å². The van der Waals surface area contributed by atoms with Crippen molar-refractivity contribution >= 4 is 33.2 Å². The lowest BCUT2D eigenvalue weighted by Crippen LogP contribution is -2.49. The van der Waals surface area contributed by atoms with Gasteiger partial charge in [0.25, 0.3) is 0 Å². The van der Waals surface area contributed by atoms with Gasteiger partial charge in [-0.2, -0.15) is 4.31 Å². The predicted octanol–water partition coefficient (Wildman–Crippen LogP) is 3.81. The minimum atomic E-state index is -3.48. The van der Waals surface area contributed by atoms with E-state index in [9.17, 15) is 8.42 Å². The molecular weight excluding hydrogens is 379 g/mol. The Morgan fingerprint density at radius 1 is 1.04 bits per heavy atom. The highest BCUT2D eigenvalue weighted by molar-refractivity contribution is 7.88. The first-order valence-electron chi connectivity index (χ1n) is 8.04. The van der Waals surface area contributed by atoms with Crippen molar-refractivity contribution in [1.82, 2.24) is 9.21 Å². The van der Waals surface area contributed by atoms with Crippen LogP contribution in [-0.4, -0.2) is 44.3 Å². The van der Waals surface area contributed by atoms with E-state index in [1.54, 1.807) is 22.5 Å². The Hall–Kier alpha value is -1.11. The zero-order valence-electron chi connectivity index (χ0n) is 13.9. The van der Waals surface area contributed by atoms with Crippen molar-refractivity contribution in [3.05, 3.63) is 69.7 Å². The summed E-state index contributed by atoms with van der Waals surface area (Å²) in [7, 11) is -1.47. The zero-order valence-corrected chi connectivity index (χ0v) is 16.2. The number of sulfonamides is 1. The van der Waals surface area contributed by atoms with Crippen molar-refractivity contribution in [3.8, 4) is 0 Å². The molecule has 1 unspecified atom stereocenters. The molecule has 25 heavy (non-hydrogen) atoms. The number of halogens is 2. The Bertz CT molecular complexity index is 843. The molecule has 0 N–H and O–H groups in total. The van der Waals surface area contributed by atoms with Crippen molar-refractivity contribution in [1.29, 1.82) is 0 Å². The molecule has 2 aromatic rings. The smallest absolute Gasteiger partial charge is 0.218 e. The van der Waals surface area contributed by atoms with Gasteiger partial charge in [-0.05, 0) is 30.3 Å². The molecule has 1 fully saturated rings. The second-order valence-corrected chi connectivity index (χ2v) is 9.04. The summed E-state index contributed by atoms with van der Waals surface area (Å²) in [5, 5.41) is 0.789. The van der Waals surface area contributed by atoms with Crippen molar-refractivity contribution in [2.45, 2.75) is 11.8 Å². The van der Waals surface area contributed by atoms with Crippen LogP contribution in [0.4, 0.5) is 0 Å². The van der Waals surface area contributed by atoms with Crippen LogP contribution in [0, 0.1) is 0 Å². The molecule has 1 atom stereocenters. The van der Waals surface area contributed by atoms with Crippen molar-refractivity contribution < 1.29 is 8.42 Å². The van der Waals surface area contributed by atoms with Gasteiger partial charge in [-0.25, -0.2) is 8.42 Å². The zero-order chi connectivity index (χ0) is 18.0. The first-order chi connectivity index (χ1) is 11.9. The van der Waals surface area contributed by atoms with Crippen LogP contribution < -0.4 is 0 Å². The minimum Gasteiger partial charge on any atom is -0.303 e. The molecule has 1 aliphatic rings. The fraction of sp³-hybridized carbons (Fsp3) is 0.333. The van der Waals surface area contributed by atoms with E-state index in [-0.39, 0.29) is 11.8 Å². The number of hydrogen-bond acceptors (Lipinski definition) is 3. The van der Waals surface area contributed by atoms with Crippen LogP contribution >= 0.6 is 23.2 Å². The van der Waals surface area contributed by atoms with Gasteiger partial charge in [0.2, 0.25) is 10.0 Å². The first kappa shape index (κ1) is 18.7. The third-order valence-corrected chi connectivity index (χ3v) is 7.00. The Morgan fingerprint density at radius 2 is 1.76 bits per heavy atom. The fourth-order valence-electron chi connectivity index (χ4n) is 3.11. The van der Waals surface area contributed by atoms with Crippen LogP contribution in [-0.2, 0) is 15.8 Å². The lowest BCUT2D eigenvalue weighted by atomic mass is 10.1. The number of hydrogen-bond donors (Lipinski definition) is 0. The van der Waals surface area contributed by atoms with E-state index in [0.717, 1.165) is 5.56 Å². The first-order valence-corrected chi connectivity index (χ1v) is 10.4. The Balaban J connectivity index is 1.89. The molecule has 3 rings (SSSR count). The highest BCUT2D eigenvalue weighted by Crippen LogP contribution is 2.30. The third kappa shape index (κ3) is 4.36. The van der Waals surface area contributed by atoms with E-state index in [4.69, 9.17) is 23.2 Å². The normalized spacial score (nSPS) is 19.9. The van der Waals surface area contributed by atoms with Crippen molar-refractivity contribution in [3.63, 3.8) is 0 Å². The molecule has 0 bridgehead atoms. The lowest BCUT2D eigenvalue weighted by Gasteiger charge is -2.39. The van der Waals surface area contributed by atoms with E-state index >= 15 is 0 Å². The SMILES string of the molecule is CN1CCN(S(=O)(=O)Cc2ccc(Cl)c(Cl)c2)C(c2ccccc2)C1. The van der Waals surface area contributed by atoms with Crippen LogP contribution in [0.2, 0.25) is 10.0 Å². The molecule has 2 aromatic carbocycles. The Morgan fingerprint density at radius 3 is 2.44 bits per heavy atom. The molecule has 0 radical (unpaired) electrons. The van der Waals surface area contributed by atoms with Crippen molar-refractivity contribution in [2.75, 3.05) is 26.7 Å². The molecule has 0 aromatic heterocycles. The molecule has 0 amide bonds. The molecule has 0 spiro atoms. The average molecular weight is 399 g/mol. The molecule has 1 aliphatic heterocycles. The Kier molecular flexibility index (Phi) is 5.71. The van der Waals surface area contributed by atoms with Crippen LogP contribution in [0.5, 0.6) is 0 Å². The summed E-state index contributed by atoms with van der Waals surface area (Å²) < 4.78 is 27.8. The number of rotatable bonds is 4. The van der Waals surface area contributed by atoms with E-state index < -0.39 is 10.0 Å². The quantitative estimate of drug-likeness (QED) is 0.785. The van der Waals surface area contributed by atoms with Crippen LogP contribution in [0.3, 0.4) is 0 Å². The summed E-state index contributed by atoms with van der Waals surface area (Å²) in [6, 6.07) is 14.5. The third-order valence-electron chi connectivity index (χ3n) is 4.41. The van der Waals surface area contributed by atoms with E-state index in [2.05, 4.69) is 4.90 Å². The molecule has 0 saturated carbocycles. The minimum absolute atomic E-state index is 0.0864. The predicted molar refractivity (Wildman–Crippen MR) is 102 cm³/mol. The summed E-state index contributed by atoms with van der Waals surface area (Å²) in [5.41, 5.74) is 1.65. The second-order valence-electron chi connectivity index (χ2n) is 6.30. The van der Waals surface area contributed by atoms with Crippen LogP contribution in [0.25, 0.3) is 0 Å². The number of benzene rings is 2. The van der Waals surface area contributed by atoms with E-state index in [1.807, 2.05) is 37.4 Å². The average Bonchev–Trinajstić information content (AvgIpc) is 2.58. The number of piperazine rings is 1. The van der Waals surface area contributed by atoms with E-state index in [0.29, 0.717) is 35.2 Å². The maximum Gasteiger partial charge on any atom is 0.218 e. The van der Waals surface area contributed by atoms with Gasteiger partial charge in [0, 0.05) is 19.6 Å². The van der Waals surface area contributed by atoms with Gasteiger partial charge in [0.15, 0.2) is 0 Å². The second kappa shape index (κ2) is 7.64. The number of likely N-dealkylation sites (N-methyl/N-ethyl adjacent to an activating group) is 1. The summed E-state index contributed by atoms with van der Waals surface area (Å²) in [4.78, 5) is 2.16. The maximum atomic E-state index is 13.1. The summed E-state index contributed by atoms with van der Waals surface area (Å²) in [6.45, 7) is 1.86. The molecule has 4 nitrogen and oxygen atoms in total. The van der Waals surface area contributed by atoms with Crippen molar-refractivity contribution in [2.24, 2.45) is 0 Å². The van der Waals surface area contributed by atoms with Crippen LogP contribution in [0.1, 0.15) is 17.2 Å². The molecule has 0 aliphatic carbocycles. The van der Waals surface area contributed by atoms with Gasteiger partial charge >= 0.3 is 0 Å². The van der Waals surface area contributed by atoms with Gasteiger partial charge in [-0.1, -0.05) is 59.6 Å². The molecule has 1 saturated heterocycles. The standard InChI is InChI=1S/C18H20Cl2N2O2S/c1-21-9-10-22(18(12-21)15-5-3-2-4-6-15)25(23,24)13-14-7-8-16(19)17(20)11-14/h2-8,11,18H,9-10,12-13H2,1H3. The van der Waals surface area contributed by atoms with Gasteiger partial charge in [0.1, 0.15) is 0 Å². The molecule has 134 valence electrons. The van der Waals surface area contributed by atoms with Crippen LogP contribution in [0.15, 0.2) is 48.5 Å². The fourth-order valence-corrected chi connectivity index (χ4v) is 5.13. The van der Waals surface area contributed by atoms with Gasteiger partial charge in [-0.15, -0.1) is 0 Å². The monoisotopic (exact) mass is 398 g/mol. The summed E-state index contributed by atoms with van der Waals surface area (Å²) >= 11 is 11.9. The number of nitrogens with zero attached hydrogens (tertiary/aromatic N) is 2. The maximum absolute atomic E-state index is 13.1. The molecular formula is C18H20Cl2N2O2S. The lowest BCUT2D eigenvalue weighted by molar-refractivity contribution is 0.160. The molecule has 1 heterocycles. The summed E-state index contributed by atoms with van der Waals surface area (Å²) in [5.74, 6) is -0.0864. The summed E-state index contributed by atoms with van der Waals surface area (Å²) in [6.07, 6.45) is 0. The highest BCUT2D eigenvalue weighted by atomic mass is 35.5. The topological polar surface area (TPSA) is 40.6 Å². The largest absolute Gasteiger partial charge is 0.303 e. The Labute approximate surface area is 159 Å². The molecule has 7 heteroatoms. The van der Waals surface area contributed by atoms with Gasteiger partial charge in [0.05, 0.1) is 21.8 Å². The van der Waals surface area contributed by atoms with Gasteiger partial charge < -0.3 is 4.90 Å². The highest BCUT2D eigenvalue weighted by Gasteiger charge is 2.35.